The van der Waals surface area contributed by atoms with E-state index in [0.717, 1.165) is 31.7 Å². The Kier molecular flexibility index (Phi) is 8.66. The van der Waals surface area contributed by atoms with Crippen LogP contribution in [0.25, 0.3) is 0 Å². The summed E-state index contributed by atoms with van der Waals surface area (Å²) in [5.74, 6) is 0. The summed E-state index contributed by atoms with van der Waals surface area (Å²) < 4.78 is 18.5. The summed E-state index contributed by atoms with van der Waals surface area (Å²) in [6, 6.07) is 21.7. The van der Waals surface area contributed by atoms with Gasteiger partial charge in [-0.3, -0.25) is 0 Å². The molecule has 0 atom stereocenters. The van der Waals surface area contributed by atoms with Gasteiger partial charge in [0, 0.05) is 33.1 Å². The van der Waals surface area contributed by atoms with Gasteiger partial charge in [-0.2, -0.15) is 0 Å². The Balaban J connectivity index is 2.36. The van der Waals surface area contributed by atoms with E-state index in [-0.39, 0.29) is 0 Å². The molecule has 0 bridgehead atoms. The minimum absolute atomic E-state index is 0.393. The molecular formula is C22H33NO3Si. The van der Waals surface area contributed by atoms with Crippen molar-refractivity contribution in [3.05, 3.63) is 71.8 Å². The summed E-state index contributed by atoms with van der Waals surface area (Å²) in [7, 11) is 0.576. The lowest BCUT2D eigenvalue weighted by molar-refractivity contribution is -0.0205. The van der Waals surface area contributed by atoms with E-state index in [1.54, 1.807) is 14.2 Å². The predicted octanol–water partition coefficient (Wildman–Crippen LogP) is 4.22. The van der Waals surface area contributed by atoms with Gasteiger partial charge in [-0.15, -0.1) is 0 Å². The highest BCUT2D eigenvalue weighted by Crippen LogP contribution is 2.32. The van der Waals surface area contributed by atoms with Crippen molar-refractivity contribution in [2.24, 2.45) is 5.73 Å². The number of rotatable bonds is 12. The lowest BCUT2D eigenvalue weighted by Gasteiger charge is -2.40. The number of nitrogens with two attached hydrogens (primary N) is 1. The minimum Gasteiger partial charge on any atom is -0.377 e. The maximum Gasteiger partial charge on any atom is 0.500 e. The zero-order chi connectivity index (χ0) is 19.6. The van der Waals surface area contributed by atoms with Crippen molar-refractivity contribution in [2.45, 2.75) is 44.3 Å². The lowest BCUT2D eigenvalue weighted by Crippen LogP contribution is -2.53. The molecule has 0 amide bonds. The zero-order valence-corrected chi connectivity index (χ0v) is 17.8. The monoisotopic (exact) mass is 387 g/mol. The number of hydrogen-bond acceptors (Lipinski definition) is 4. The van der Waals surface area contributed by atoms with Gasteiger partial charge in [0.05, 0.1) is 5.60 Å². The van der Waals surface area contributed by atoms with Crippen LogP contribution in [0.5, 0.6) is 0 Å². The molecule has 2 aromatic rings. The van der Waals surface area contributed by atoms with Crippen LogP contribution in [-0.2, 0) is 26.1 Å². The van der Waals surface area contributed by atoms with Gasteiger partial charge in [-0.05, 0) is 30.5 Å². The third-order valence-corrected chi connectivity index (χ3v) is 8.02. The van der Waals surface area contributed by atoms with Crippen LogP contribution in [0.1, 0.15) is 30.9 Å². The van der Waals surface area contributed by atoms with Crippen LogP contribution < -0.4 is 5.73 Å². The van der Waals surface area contributed by atoms with Crippen molar-refractivity contribution >= 4 is 8.80 Å². The quantitative estimate of drug-likeness (QED) is 0.554. The van der Waals surface area contributed by atoms with E-state index in [1.165, 1.54) is 11.1 Å². The molecule has 0 aromatic heterocycles. The highest BCUT2D eigenvalue weighted by molar-refractivity contribution is 6.60. The Hall–Kier alpha value is -1.50. The maximum absolute atomic E-state index is 6.82. The Morgan fingerprint density at radius 1 is 0.852 bits per heavy atom. The van der Waals surface area contributed by atoms with Crippen molar-refractivity contribution < 1.29 is 13.3 Å². The summed E-state index contributed by atoms with van der Waals surface area (Å²) in [6.07, 6.45) is 3.30. The molecule has 2 rings (SSSR count). The first-order valence-electron chi connectivity index (χ1n) is 9.69. The van der Waals surface area contributed by atoms with Crippen molar-refractivity contribution in [2.75, 3.05) is 20.8 Å². The molecule has 5 heteroatoms. The molecule has 148 valence electrons. The van der Waals surface area contributed by atoms with E-state index < -0.39 is 14.4 Å². The molecule has 0 aliphatic rings. The van der Waals surface area contributed by atoms with Crippen LogP contribution in [0.4, 0.5) is 0 Å². The van der Waals surface area contributed by atoms with Crippen molar-refractivity contribution in [3.8, 4) is 0 Å². The van der Waals surface area contributed by atoms with Crippen molar-refractivity contribution in [3.63, 3.8) is 0 Å². The largest absolute Gasteiger partial charge is 0.500 e. The van der Waals surface area contributed by atoms with Gasteiger partial charge in [-0.1, -0.05) is 67.6 Å². The molecule has 0 unspecified atom stereocenters. The second kappa shape index (κ2) is 10.7. The smallest absolute Gasteiger partial charge is 0.377 e. The molecule has 27 heavy (non-hydrogen) atoms. The Bertz CT molecular complexity index is 606. The average molecular weight is 388 g/mol. The van der Waals surface area contributed by atoms with Gasteiger partial charge in [0.25, 0.3) is 0 Å². The van der Waals surface area contributed by atoms with Crippen LogP contribution >= 0.6 is 0 Å². The van der Waals surface area contributed by atoms with Gasteiger partial charge in [-0.25, -0.2) is 0 Å². The molecule has 0 aliphatic heterocycles. The van der Waals surface area contributed by atoms with E-state index in [4.69, 9.17) is 19.0 Å². The third-order valence-electron chi connectivity index (χ3n) is 5.06. The van der Waals surface area contributed by atoms with E-state index in [2.05, 4.69) is 55.5 Å². The van der Waals surface area contributed by atoms with Crippen LogP contribution in [0.15, 0.2) is 60.7 Å². The van der Waals surface area contributed by atoms with Gasteiger partial charge in [0.15, 0.2) is 0 Å². The van der Waals surface area contributed by atoms with Crippen molar-refractivity contribution in [1.29, 1.82) is 0 Å². The predicted molar refractivity (Wildman–Crippen MR) is 113 cm³/mol. The van der Waals surface area contributed by atoms with Crippen LogP contribution in [-0.4, -0.2) is 35.2 Å². The lowest BCUT2D eigenvalue weighted by atomic mass is 9.86. The summed E-state index contributed by atoms with van der Waals surface area (Å²) >= 11 is 0. The standard InChI is InChI=1S/C22H33NO3Si/c1-4-22(18-20-12-7-5-8-13-20,19-21-14-9-6-10-15-21)26-27(24-2,25-3)17-11-16-23/h5-10,12-15H,4,11,16-19,23H2,1-3H3. The third kappa shape index (κ3) is 6.26. The molecule has 2 N–H and O–H groups in total. The maximum atomic E-state index is 6.82. The second-order valence-electron chi connectivity index (χ2n) is 6.95. The Morgan fingerprint density at radius 3 is 1.70 bits per heavy atom. The SMILES string of the molecule is CCC(Cc1ccccc1)(Cc1ccccc1)O[Si](CCCN)(OC)OC. The number of benzene rings is 2. The summed E-state index contributed by atoms with van der Waals surface area (Å²) in [5, 5.41) is 0. The Morgan fingerprint density at radius 2 is 1.33 bits per heavy atom. The van der Waals surface area contributed by atoms with E-state index >= 15 is 0 Å². The normalized spacial score (nSPS) is 12.3. The first kappa shape index (κ1) is 21.8. The number of hydrogen-bond donors (Lipinski definition) is 1. The Labute approximate surface area is 165 Å². The minimum atomic E-state index is -2.81. The summed E-state index contributed by atoms with van der Waals surface area (Å²) in [5.41, 5.74) is 7.86. The molecule has 0 aliphatic carbocycles. The highest BCUT2D eigenvalue weighted by atomic mass is 28.4. The van der Waals surface area contributed by atoms with Crippen LogP contribution in [0.2, 0.25) is 6.04 Å². The zero-order valence-electron chi connectivity index (χ0n) is 16.8. The van der Waals surface area contributed by atoms with Gasteiger partial charge < -0.3 is 19.0 Å². The second-order valence-corrected chi connectivity index (χ2v) is 9.83. The molecule has 0 fully saturated rings. The van der Waals surface area contributed by atoms with Gasteiger partial charge in [0.1, 0.15) is 0 Å². The van der Waals surface area contributed by atoms with Crippen LogP contribution in [0.3, 0.4) is 0 Å². The average Bonchev–Trinajstić information content (AvgIpc) is 2.72. The topological polar surface area (TPSA) is 53.7 Å². The first-order valence-corrected chi connectivity index (χ1v) is 11.6. The fraction of sp³-hybridized carbons (Fsp3) is 0.455. The molecule has 0 radical (unpaired) electrons. The van der Waals surface area contributed by atoms with Crippen LogP contribution in [0, 0.1) is 0 Å². The summed E-state index contributed by atoms with van der Waals surface area (Å²) in [6.45, 7) is 2.78. The van der Waals surface area contributed by atoms with E-state index in [9.17, 15) is 0 Å². The molecule has 0 heterocycles. The van der Waals surface area contributed by atoms with E-state index in [1.807, 2.05) is 12.1 Å². The molecular weight excluding hydrogens is 354 g/mol. The molecule has 0 spiro atoms. The molecule has 2 aromatic carbocycles. The summed E-state index contributed by atoms with van der Waals surface area (Å²) in [4.78, 5) is 0. The fourth-order valence-electron chi connectivity index (χ4n) is 3.46. The molecule has 4 nitrogen and oxygen atoms in total. The fourth-order valence-corrected chi connectivity index (χ4v) is 5.89. The highest BCUT2D eigenvalue weighted by Gasteiger charge is 2.46. The molecule has 0 saturated carbocycles. The molecule has 0 saturated heterocycles. The van der Waals surface area contributed by atoms with Gasteiger partial charge >= 0.3 is 8.80 Å². The van der Waals surface area contributed by atoms with Crippen molar-refractivity contribution in [1.82, 2.24) is 0 Å². The van der Waals surface area contributed by atoms with Gasteiger partial charge in [0.2, 0.25) is 0 Å². The first-order chi connectivity index (χ1) is 13.1. The van der Waals surface area contributed by atoms with E-state index in [0.29, 0.717) is 6.54 Å².